The molecule has 2 rings (SSSR count). The lowest BCUT2D eigenvalue weighted by Crippen LogP contribution is -2.14. The van der Waals surface area contributed by atoms with E-state index in [1.807, 2.05) is 13.0 Å². The van der Waals surface area contributed by atoms with Crippen molar-refractivity contribution in [3.8, 4) is 5.75 Å². The monoisotopic (exact) mass is 298 g/mol. The molecule has 0 saturated heterocycles. The maximum Gasteiger partial charge on any atom is 0.259 e. The number of nitrogens with one attached hydrogen (secondary N) is 2. The van der Waals surface area contributed by atoms with Gasteiger partial charge < -0.3 is 15.4 Å². The van der Waals surface area contributed by atoms with Gasteiger partial charge in [-0.2, -0.15) is 0 Å². The molecule has 0 heterocycles. The van der Waals surface area contributed by atoms with E-state index in [9.17, 15) is 9.59 Å². The molecule has 2 N–H and O–H groups in total. The third-order valence-corrected chi connectivity index (χ3v) is 3.04. The van der Waals surface area contributed by atoms with Crippen LogP contribution < -0.4 is 15.4 Å². The quantitative estimate of drug-likeness (QED) is 0.910. The lowest BCUT2D eigenvalue weighted by molar-refractivity contribution is -0.114. The molecule has 5 nitrogen and oxygen atoms in total. The Morgan fingerprint density at radius 1 is 1.00 bits per heavy atom. The van der Waals surface area contributed by atoms with Gasteiger partial charge in [0.15, 0.2) is 0 Å². The highest BCUT2D eigenvalue weighted by Crippen LogP contribution is 2.22. The predicted molar refractivity (Wildman–Crippen MR) is 86.4 cm³/mol. The first kappa shape index (κ1) is 15.6. The zero-order chi connectivity index (χ0) is 16.1. The van der Waals surface area contributed by atoms with Crippen LogP contribution >= 0.6 is 0 Å². The van der Waals surface area contributed by atoms with Crippen molar-refractivity contribution in [3.05, 3.63) is 53.6 Å². The predicted octanol–water partition coefficient (Wildman–Crippen LogP) is 3.21. The first-order chi connectivity index (χ1) is 10.5. The Morgan fingerprint density at radius 3 is 2.32 bits per heavy atom. The number of rotatable bonds is 4. The lowest BCUT2D eigenvalue weighted by Gasteiger charge is -2.11. The van der Waals surface area contributed by atoms with Gasteiger partial charge in [0.2, 0.25) is 5.91 Å². The van der Waals surface area contributed by atoms with Gasteiger partial charge in [-0.1, -0.05) is 17.7 Å². The molecule has 0 bridgehead atoms. The summed E-state index contributed by atoms with van der Waals surface area (Å²) in [5.41, 5.74) is 2.66. The Balaban J connectivity index is 2.22. The molecule has 0 atom stereocenters. The van der Waals surface area contributed by atoms with Gasteiger partial charge >= 0.3 is 0 Å². The number of hydrogen-bond donors (Lipinski definition) is 2. The average Bonchev–Trinajstić information content (AvgIpc) is 2.46. The van der Waals surface area contributed by atoms with E-state index in [1.54, 1.807) is 36.4 Å². The largest absolute Gasteiger partial charge is 0.496 e. The van der Waals surface area contributed by atoms with Crippen molar-refractivity contribution in [2.75, 3.05) is 17.7 Å². The third-order valence-electron chi connectivity index (χ3n) is 3.04. The molecule has 0 aliphatic rings. The SMILES string of the molecule is COc1ccc(C)cc1C(=O)Nc1cccc(NC(C)=O)c1. The Bertz CT molecular complexity index is 711. The van der Waals surface area contributed by atoms with Crippen LogP contribution in [0.4, 0.5) is 11.4 Å². The van der Waals surface area contributed by atoms with Gasteiger partial charge in [-0.05, 0) is 37.3 Å². The zero-order valence-corrected chi connectivity index (χ0v) is 12.8. The van der Waals surface area contributed by atoms with E-state index in [-0.39, 0.29) is 11.8 Å². The summed E-state index contributed by atoms with van der Waals surface area (Å²) in [7, 11) is 1.53. The van der Waals surface area contributed by atoms with Crippen LogP contribution in [0.1, 0.15) is 22.8 Å². The van der Waals surface area contributed by atoms with Crippen LogP contribution in [0.15, 0.2) is 42.5 Å². The van der Waals surface area contributed by atoms with Crippen molar-refractivity contribution < 1.29 is 14.3 Å². The van der Waals surface area contributed by atoms with Crippen molar-refractivity contribution in [1.82, 2.24) is 0 Å². The molecule has 22 heavy (non-hydrogen) atoms. The maximum atomic E-state index is 12.4. The number of hydrogen-bond acceptors (Lipinski definition) is 3. The van der Waals surface area contributed by atoms with Gasteiger partial charge in [-0.3, -0.25) is 9.59 Å². The van der Waals surface area contributed by atoms with Crippen molar-refractivity contribution in [3.63, 3.8) is 0 Å². The third kappa shape index (κ3) is 3.85. The summed E-state index contributed by atoms with van der Waals surface area (Å²) >= 11 is 0. The highest BCUT2D eigenvalue weighted by atomic mass is 16.5. The molecule has 0 aliphatic carbocycles. The van der Waals surface area contributed by atoms with Crippen molar-refractivity contribution in [1.29, 1.82) is 0 Å². The Kier molecular flexibility index (Phi) is 4.78. The highest BCUT2D eigenvalue weighted by molar-refractivity contribution is 6.06. The molecule has 5 heteroatoms. The summed E-state index contributed by atoms with van der Waals surface area (Å²) in [6.07, 6.45) is 0. The fourth-order valence-corrected chi connectivity index (χ4v) is 2.08. The summed E-state index contributed by atoms with van der Waals surface area (Å²) in [4.78, 5) is 23.5. The van der Waals surface area contributed by atoms with Gasteiger partial charge in [0.1, 0.15) is 5.75 Å². The van der Waals surface area contributed by atoms with Crippen molar-refractivity contribution >= 4 is 23.2 Å². The number of carbonyl (C=O) groups is 2. The van der Waals surface area contributed by atoms with E-state index < -0.39 is 0 Å². The van der Waals surface area contributed by atoms with Crippen LogP contribution in [0.3, 0.4) is 0 Å². The standard InChI is InChI=1S/C17H18N2O3/c1-11-7-8-16(22-3)15(9-11)17(21)19-14-6-4-5-13(10-14)18-12(2)20/h4-10H,1-3H3,(H,18,20)(H,19,21). The van der Waals surface area contributed by atoms with Crippen LogP contribution in [-0.2, 0) is 4.79 Å². The number of ether oxygens (including phenoxy) is 1. The second-order valence-electron chi connectivity index (χ2n) is 4.92. The molecular formula is C17H18N2O3. The van der Waals surface area contributed by atoms with E-state index in [0.29, 0.717) is 22.7 Å². The number of amides is 2. The molecule has 0 aliphatic heterocycles. The molecule has 0 saturated carbocycles. The van der Waals surface area contributed by atoms with Gasteiger partial charge in [-0.15, -0.1) is 0 Å². The Morgan fingerprint density at radius 2 is 1.68 bits per heavy atom. The van der Waals surface area contributed by atoms with E-state index in [1.165, 1.54) is 14.0 Å². The zero-order valence-electron chi connectivity index (χ0n) is 12.8. The Labute approximate surface area is 129 Å². The molecule has 114 valence electrons. The van der Waals surface area contributed by atoms with Gasteiger partial charge in [0.05, 0.1) is 12.7 Å². The minimum Gasteiger partial charge on any atom is -0.496 e. The number of anilines is 2. The minimum atomic E-state index is -0.263. The number of carbonyl (C=O) groups excluding carboxylic acids is 2. The topological polar surface area (TPSA) is 67.4 Å². The number of benzene rings is 2. The molecule has 0 aromatic heterocycles. The highest BCUT2D eigenvalue weighted by Gasteiger charge is 2.13. The first-order valence-electron chi connectivity index (χ1n) is 6.83. The summed E-state index contributed by atoms with van der Waals surface area (Å²) in [5.74, 6) is 0.0884. The Hall–Kier alpha value is -2.82. The van der Waals surface area contributed by atoms with E-state index in [2.05, 4.69) is 10.6 Å². The number of aryl methyl sites for hydroxylation is 1. The van der Waals surface area contributed by atoms with E-state index in [4.69, 9.17) is 4.74 Å². The minimum absolute atomic E-state index is 0.163. The van der Waals surface area contributed by atoms with Crippen LogP contribution in [0.5, 0.6) is 5.75 Å². The fourth-order valence-electron chi connectivity index (χ4n) is 2.08. The normalized spacial score (nSPS) is 9.95. The first-order valence-corrected chi connectivity index (χ1v) is 6.83. The molecule has 0 fully saturated rings. The average molecular weight is 298 g/mol. The van der Waals surface area contributed by atoms with E-state index >= 15 is 0 Å². The molecule has 0 unspecified atom stereocenters. The fraction of sp³-hybridized carbons (Fsp3) is 0.176. The van der Waals surface area contributed by atoms with Crippen LogP contribution in [0.2, 0.25) is 0 Å². The van der Waals surface area contributed by atoms with Gasteiger partial charge in [0, 0.05) is 18.3 Å². The maximum absolute atomic E-state index is 12.4. The molecule has 2 aromatic carbocycles. The smallest absolute Gasteiger partial charge is 0.259 e. The summed E-state index contributed by atoms with van der Waals surface area (Å²) < 4.78 is 5.22. The molecule has 0 spiro atoms. The van der Waals surface area contributed by atoms with Crippen LogP contribution in [-0.4, -0.2) is 18.9 Å². The van der Waals surface area contributed by atoms with Crippen LogP contribution in [0.25, 0.3) is 0 Å². The molecule has 2 aromatic rings. The summed E-state index contributed by atoms with van der Waals surface area (Å²) in [6, 6.07) is 12.4. The molecule has 0 radical (unpaired) electrons. The van der Waals surface area contributed by atoms with Crippen molar-refractivity contribution in [2.45, 2.75) is 13.8 Å². The lowest BCUT2D eigenvalue weighted by atomic mass is 10.1. The van der Waals surface area contributed by atoms with Crippen molar-refractivity contribution in [2.24, 2.45) is 0 Å². The molecular weight excluding hydrogens is 280 g/mol. The van der Waals surface area contributed by atoms with Crippen LogP contribution in [0, 0.1) is 6.92 Å². The summed E-state index contributed by atoms with van der Waals surface area (Å²) in [5, 5.41) is 5.48. The number of methoxy groups -OCH3 is 1. The van der Waals surface area contributed by atoms with Gasteiger partial charge in [0.25, 0.3) is 5.91 Å². The summed E-state index contributed by atoms with van der Waals surface area (Å²) in [6.45, 7) is 3.34. The van der Waals surface area contributed by atoms with E-state index in [0.717, 1.165) is 5.56 Å². The van der Waals surface area contributed by atoms with Gasteiger partial charge in [-0.25, -0.2) is 0 Å². The second-order valence-corrected chi connectivity index (χ2v) is 4.92. The molecule has 2 amide bonds. The second kappa shape index (κ2) is 6.76.